The van der Waals surface area contributed by atoms with Crippen LogP contribution >= 0.6 is 11.8 Å². The molecule has 6 nitrogen and oxygen atoms in total. The maximum Gasteiger partial charge on any atom is 0.233 e. The second kappa shape index (κ2) is 8.11. The minimum Gasteiger partial charge on any atom is -0.339 e. The topological polar surface area (TPSA) is 54.3 Å². The number of benzene rings is 1. The molecule has 29 heavy (non-hydrogen) atoms. The summed E-state index contributed by atoms with van der Waals surface area (Å²) >= 11 is 1.57. The Hall–Kier alpha value is -1.86. The van der Waals surface area contributed by atoms with Gasteiger partial charge in [0.1, 0.15) is 5.82 Å². The summed E-state index contributed by atoms with van der Waals surface area (Å²) in [5.74, 6) is 2.45. The first kappa shape index (κ1) is 19.1. The minimum absolute atomic E-state index is 0.223. The van der Waals surface area contributed by atoms with E-state index in [4.69, 9.17) is 0 Å². The molecular formula is C22H29N5OS. The van der Waals surface area contributed by atoms with Crippen molar-refractivity contribution in [1.82, 2.24) is 24.6 Å². The zero-order chi connectivity index (χ0) is 19.8. The second-order valence-electron chi connectivity index (χ2n) is 8.51. The number of hydrogen-bond donors (Lipinski definition) is 0. The van der Waals surface area contributed by atoms with Crippen molar-refractivity contribution in [2.45, 2.75) is 55.8 Å². The van der Waals surface area contributed by atoms with Crippen molar-refractivity contribution >= 4 is 17.7 Å². The predicted molar refractivity (Wildman–Crippen MR) is 114 cm³/mol. The third-order valence-electron chi connectivity index (χ3n) is 6.37. The Labute approximate surface area is 176 Å². The third kappa shape index (κ3) is 4.21. The van der Waals surface area contributed by atoms with Crippen molar-refractivity contribution in [3.8, 4) is 0 Å². The van der Waals surface area contributed by atoms with Crippen molar-refractivity contribution in [3.63, 3.8) is 0 Å². The Balaban J connectivity index is 1.14. The first-order chi connectivity index (χ1) is 14.2. The lowest BCUT2D eigenvalue weighted by Gasteiger charge is -2.38. The molecule has 1 amide bonds. The van der Waals surface area contributed by atoms with Crippen molar-refractivity contribution in [3.05, 3.63) is 41.7 Å². The molecule has 3 fully saturated rings. The Morgan fingerprint density at radius 1 is 1.07 bits per heavy atom. The molecule has 5 rings (SSSR count). The van der Waals surface area contributed by atoms with Gasteiger partial charge in [-0.15, -0.1) is 10.2 Å². The zero-order valence-corrected chi connectivity index (χ0v) is 17.9. The van der Waals surface area contributed by atoms with Crippen LogP contribution in [-0.2, 0) is 4.79 Å². The average molecular weight is 412 g/mol. The third-order valence-corrected chi connectivity index (χ3v) is 7.29. The van der Waals surface area contributed by atoms with Crippen molar-refractivity contribution < 1.29 is 4.79 Å². The van der Waals surface area contributed by atoms with Gasteiger partial charge < -0.3 is 9.47 Å². The SMILES string of the molecule is C[C@@H](c1ccccc1)N1CCN(C(=O)CSc2nnc(C3CC3)n2C2CC2)CC1. The number of aromatic nitrogens is 3. The van der Waals surface area contributed by atoms with Crippen LogP contribution in [0.5, 0.6) is 0 Å². The van der Waals surface area contributed by atoms with Crippen LogP contribution < -0.4 is 0 Å². The van der Waals surface area contributed by atoms with E-state index >= 15 is 0 Å². The number of rotatable bonds is 7. The molecule has 1 aromatic heterocycles. The molecule has 2 aromatic rings. The van der Waals surface area contributed by atoms with Crippen molar-refractivity contribution in [2.75, 3.05) is 31.9 Å². The van der Waals surface area contributed by atoms with Gasteiger partial charge in [0, 0.05) is 44.2 Å². The fraction of sp³-hybridized carbons (Fsp3) is 0.591. The van der Waals surface area contributed by atoms with E-state index in [0.29, 0.717) is 23.8 Å². The quantitative estimate of drug-likeness (QED) is 0.653. The van der Waals surface area contributed by atoms with Crippen LogP contribution in [0.3, 0.4) is 0 Å². The average Bonchev–Trinajstić information content (AvgIpc) is 3.71. The number of amides is 1. The number of piperazine rings is 1. The molecule has 1 saturated heterocycles. The van der Waals surface area contributed by atoms with Gasteiger partial charge in [-0.05, 0) is 38.2 Å². The van der Waals surface area contributed by atoms with E-state index in [-0.39, 0.29) is 5.91 Å². The molecular weight excluding hydrogens is 382 g/mol. The van der Waals surface area contributed by atoms with E-state index in [1.54, 1.807) is 11.8 Å². The lowest BCUT2D eigenvalue weighted by Crippen LogP contribution is -2.49. The Morgan fingerprint density at radius 3 is 2.45 bits per heavy atom. The van der Waals surface area contributed by atoms with Gasteiger partial charge >= 0.3 is 0 Å². The fourth-order valence-electron chi connectivity index (χ4n) is 4.20. The normalized spacial score (nSPS) is 21.3. The van der Waals surface area contributed by atoms with E-state index in [0.717, 1.165) is 37.2 Å². The van der Waals surface area contributed by atoms with Crippen LogP contribution in [0.1, 0.15) is 62.0 Å². The molecule has 154 valence electrons. The summed E-state index contributed by atoms with van der Waals surface area (Å²) in [6.07, 6.45) is 4.92. The molecule has 2 heterocycles. The number of thioether (sulfide) groups is 1. The van der Waals surface area contributed by atoms with Crippen LogP contribution in [0.4, 0.5) is 0 Å². The van der Waals surface area contributed by atoms with Gasteiger partial charge in [0.15, 0.2) is 5.16 Å². The van der Waals surface area contributed by atoms with Gasteiger partial charge in [-0.2, -0.15) is 0 Å². The van der Waals surface area contributed by atoms with E-state index in [1.165, 1.54) is 31.2 Å². The van der Waals surface area contributed by atoms with E-state index < -0.39 is 0 Å². The number of hydrogen-bond acceptors (Lipinski definition) is 5. The van der Waals surface area contributed by atoms with Gasteiger partial charge in [-0.25, -0.2) is 0 Å². The van der Waals surface area contributed by atoms with E-state index in [1.807, 2.05) is 4.90 Å². The summed E-state index contributed by atoms with van der Waals surface area (Å²) in [5.41, 5.74) is 1.34. The molecule has 1 aromatic carbocycles. The summed E-state index contributed by atoms with van der Waals surface area (Å²) in [7, 11) is 0. The summed E-state index contributed by atoms with van der Waals surface area (Å²) in [6, 6.07) is 11.6. The van der Waals surface area contributed by atoms with Crippen LogP contribution in [0.25, 0.3) is 0 Å². The summed E-state index contributed by atoms with van der Waals surface area (Å²) in [6.45, 7) is 5.72. The highest BCUT2D eigenvalue weighted by molar-refractivity contribution is 7.99. The summed E-state index contributed by atoms with van der Waals surface area (Å²) in [4.78, 5) is 17.3. The molecule has 1 aliphatic heterocycles. The second-order valence-corrected chi connectivity index (χ2v) is 9.45. The standard InChI is InChI=1S/C22H29N5OS/c1-16(17-5-3-2-4-6-17)25-11-13-26(14-12-25)20(28)15-29-22-24-23-21(18-7-8-18)27(22)19-9-10-19/h2-6,16,18-19H,7-15H2,1H3/t16-/m0/s1. The summed E-state index contributed by atoms with van der Waals surface area (Å²) in [5, 5.41) is 9.81. The lowest BCUT2D eigenvalue weighted by atomic mass is 10.1. The van der Waals surface area contributed by atoms with Crippen LogP contribution in [-0.4, -0.2) is 62.4 Å². The molecule has 1 atom stereocenters. The van der Waals surface area contributed by atoms with Gasteiger partial charge in [-0.1, -0.05) is 42.1 Å². The predicted octanol–water partition coefficient (Wildman–Crippen LogP) is 3.49. The molecule has 0 spiro atoms. The summed E-state index contributed by atoms with van der Waals surface area (Å²) < 4.78 is 2.33. The fourth-order valence-corrected chi connectivity index (χ4v) is 5.12. The van der Waals surface area contributed by atoms with Crippen LogP contribution in [0.15, 0.2) is 35.5 Å². The molecule has 2 saturated carbocycles. The highest BCUT2D eigenvalue weighted by atomic mass is 32.2. The monoisotopic (exact) mass is 411 g/mol. The van der Waals surface area contributed by atoms with Crippen molar-refractivity contribution in [2.24, 2.45) is 0 Å². The molecule has 0 unspecified atom stereocenters. The molecule has 0 bridgehead atoms. The highest BCUT2D eigenvalue weighted by Gasteiger charge is 2.36. The van der Waals surface area contributed by atoms with Gasteiger partial charge in [-0.3, -0.25) is 9.69 Å². The maximum absolute atomic E-state index is 12.8. The molecule has 0 N–H and O–H groups in total. The van der Waals surface area contributed by atoms with E-state index in [9.17, 15) is 4.79 Å². The Bertz CT molecular complexity index is 853. The largest absolute Gasteiger partial charge is 0.339 e. The Kier molecular flexibility index (Phi) is 5.35. The number of carbonyl (C=O) groups is 1. The molecule has 3 aliphatic rings. The van der Waals surface area contributed by atoms with E-state index in [2.05, 4.69) is 56.9 Å². The minimum atomic E-state index is 0.223. The molecule has 0 radical (unpaired) electrons. The maximum atomic E-state index is 12.8. The zero-order valence-electron chi connectivity index (χ0n) is 17.0. The van der Waals surface area contributed by atoms with Crippen LogP contribution in [0, 0.1) is 0 Å². The number of carbonyl (C=O) groups excluding carboxylic acids is 1. The Morgan fingerprint density at radius 2 is 1.79 bits per heavy atom. The first-order valence-electron chi connectivity index (χ1n) is 10.8. The van der Waals surface area contributed by atoms with Gasteiger partial charge in [0.2, 0.25) is 5.91 Å². The van der Waals surface area contributed by atoms with Crippen LogP contribution in [0.2, 0.25) is 0 Å². The number of nitrogens with zero attached hydrogens (tertiary/aromatic N) is 5. The van der Waals surface area contributed by atoms with Crippen molar-refractivity contribution in [1.29, 1.82) is 0 Å². The highest BCUT2D eigenvalue weighted by Crippen LogP contribution is 2.46. The first-order valence-corrected chi connectivity index (χ1v) is 11.8. The smallest absolute Gasteiger partial charge is 0.233 e. The molecule has 2 aliphatic carbocycles. The van der Waals surface area contributed by atoms with Gasteiger partial charge in [0.25, 0.3) is 0 Å². The molecule has 7 heteroatoms. The van der Waals surface area contributed by atoms with Gasteiger partial charge in [0.05, 0.1) is 5.75 Å². The lowest BCUT2D eigenvalue weighted by molar-refractivity contribution is -0.130.